The Morgan fingerprint density at radius 1 is 0.938 bits per heavy atom. The normalized spacial score (nSPS) is 10.4. The van der Waals surface area contributed by atoms with E-state index in [9.17, 15) is 9.59 Å². The Morgan fingerprint density at radius 3 is 2.31 bits per heavy atom. The van der Waals surface area contributed by atoms with Gasteiger partial charge < -0.3 is 24.8 Å². The Hall–Kier alpha value is -4.01. The maximum atomic E-state index is 12.4. The Kier molecular flexibility index (Phi) is 7.33. The monoisotopic (exact) mass is 438 g/mol. The lowest BCUT2D eigenvalue weighted by Gasteiger charge is -2.10. The second kappa shape index (κ2) is 10.3. The number of hydrogen-bond acceptors (Lipinski definition) is 6. The van der Waals surface area contributed by atoms with Crippen LogP contribution in [-0.2, 0) is 13.5 Å². The predicted molar refractivity (Wildman–Crippen MR) is 120 cm³/mol. The van der Waals surface area contributed by atoms with Crippen molar-refractivity contribution >= 4 is 17.5 Å². The summed E-state index contributed by atoms with van der Waals surface area (Å²) in [5.41, 5.74) is 2.40. The van der Waals surface area contributed by atoms with Crippen LogP contribution in [-0.4, -0.2) is 49.5 Å². The summed E-state index contributed by atoms with van der Waals surface area (Å²) < 4.78 is 17.1. The van der Waals surface area contributed by atoms with Gasteiger partial charge in [-0.25, -0.2) is 0 Å². The van der Waals surface area contributed by atoms with Crippen LogP contribution in [0.5, 0.6) is 17.4 Å². The summed E-state index contributed by atoms with van der Waals surface area (Å²) in [5.74, 6) is 1.02. The number of nitrogens with zero attached hydrogens (tertiary/aromatic N) is 2. The summed E-state index contributed by atoms with van der Waals surface area (Å²) in [7, 11) is 6.34. The fourth-order valence-corrected chi connectivity index (χ4v) is 3.14. The molecule has 1 aromatic heterocycles. The number of aryl methyl sites for hydroxylation is 1. The summed E-state index contributed by atoms with van der Waals surface area (Å²) in [4.78, 5) is 24.9. The maximum absolute atomic E-state index is 12.4. The van der Waals surface area contributed by atoms with Crippen LogP contribution in [0.1, 0.15) is 26.3 Å². The molecule has 2 N–H and O–H groups in total. The van der Waals surface area contributed by atoms with Crippen LogP contribution in [0.3, 0.4) is 0 Å². The van der Waals surface area contributed by atoms with Gasteiger partial charge in [-0.3, -0.25) is 14.3 Å². The fourth-order valence-electron chi connectivity index (χ4n) is 3.14. The van der Waals surface area contributed by atoms with Gasteiger partial charge in [0.15, 0.2) is 11.5 Å². The molecule has 0 fully saturated rings. The Bertz CT molecular complexity index is 1090. The zero-order valence-electron chi connectivity index (χ0n) is 18.5. The van der Waals surface area contributed by atoms with E-state index in [0.29, 0.717) is 41.3 Å². The topological polar surface area (TPSA) is 104 Å². The van der Waals surface area contributed by atoms with Crippen molar-refractivity contribution in [2.75, 3.05) is 33.2 Å². The molecule has 0 bridgehead atoms. The predicted octanol–water partition coefficient (Wildman–Crippen LogP) is 2.67. The summed E-state index contributed by atoms with van der Waals surface area (Å²) in [5, 5.41) is 9.73. The van der Waals surface area contributed by atoms with E-state index in [4.69, 9.17) is 14.2 Å². The maximum Gasteiger partial charge on any atom is 0.262 e. The Balaban J connectivity index is 1.54. The number of carbonyl (C=O) groups excluding carboxylic acids is 2. The van der Waals surface area contributed by atoms with E-state index >= 15 is 0 Å². The number of benzene rings is 2. The van der Waals surface area contributed by atoms with Crippen molar-refractivity contribution in [3.63, 3.8) is 0 Å². The van der Waals surface area contributed by atoms with Gasteiger partial charge in [0.2, 0.25) is 5.88 Å². The highest BCUT2D eigenvalue weighted by atomic mass is 16.5. The van der Waals surface area contributed by atoms with E-state index in [1.807, 2.05) is 18.2 Å². The minimum absolute atomic E-state index is 0.197. The van der Waals surface area contributed by atoms with Crippen molar-refractivity contribution in [3.8, 4) is 17.4 Å². The van der Waals surface area contributed by atoms with Gasteiger partial charge in [0.25, 0.3) is 11.8 Å². The number of nitrogens with one attached hydrogen (secondary N) is 2. The van der Waals surface area contributed by atoms with Gasteiger partial charge in [0.05, 0.1) is 21.3 Å². The molecular weight excluding hydrogens is 412 g/mol. The van der Waals surface area contributed by atoms with Crippen LogP contribution in [0.2, 0.25) is 0 Å². The second-order valence-electron chi connectivity index (χ2n) is 6.95. The molecule has 0 aliphatic heterocycles. The average molecular weight is 438 g/mol. The smallest absolute Gasteiger partial charge is 0.262 e. The first-order valence-corrected chi connectivity index (χ1v) is 9.93. The zero-order chi connectivity index (χ0) is 23.1. The summed E-state index contributed by atoms with van der Waals surface area (Å²) in [6.07, 6.45) is 2.22. The van der Waals surface area contributed by atoms with Gasteiger partial charge >= 0.3 is 0 Å². The van der Waals surface area contributed by atoms with Crippen LogP contribution in [0, 0.1) is 0 Å². The number of hydrogen-bond donors (Lipinski definition) is 2. The Labute approximate surface area is 186 Å². The first-order chi connectivity index (χ1) is 15.4. The van der Waals surface area contributed by atoms with E-state index in [1.165, 1.54) is 11.8 Å². The molecule has 0 saturated carbocycles. The third kappa shape index (κ3) is 5.37. The molecule has 168 valence electrons. The number of amides is 2. The zero-order valence-corrected chi connectivity index (χ0v) is 18.5. The number of ether oxygens (including phenoxy) is 3. The van der Waals surface area contributed by atoms with Gasteiger partial charge in [0.1, 0.15) is 5.56 Å². The van der Waals surface area contributed by atoms with Gasteiger partial charge in [0, 0.05) is 31.0 Å². The number of rotatable bonds is 9. The van der Waals surface area contributed by atoms with Crippen LogP contribution < -0.4 is 24.8 Å². The van der Waals surface area contributed by atoms with Crippen molar-refractivity contribution in [1.29, 1.82) is 0 Å². The van der Waals surface area contributed by atoms with Crippen molar-refractivity contribution in [3.05, 3.63) is 65.4 Å². The summed E-state index contributed by atoms with van der Waals surface area (Å²) in [6.45, 7) is 0.466. The standard InChI is InChI=1S/C23H26N4O5/c1-27-14-18(23(26-27)32-4)22(29)25-17-8-6-16(7-9-17)21(28)24-12-11-15-5-10-19(30-2)20(13-15)31-3/h5-10,13-14H,11-12H2,1-4H3,(H,24,28)(H,25,29). The highest BCUT2D eigenvalue weighted by Crippen LogP contribution is 2.27. The van der Waals surface area contributed by atoms with Crippen LogP contribution in [0.4, 0.5) is 5.69 Å². The van der Waals surface area contributed by atoms with E-state index in [-0.39, 0.29) is 17.7 Å². The van der Waals surface area contributed by atoms with E-state index in [0.717, 1.165) is 5.56 Å². The number of methoxy groups -OCH3 is 3. The van der Waals surface area contributed by atoms with Crippen LogP contribution >= 0.6 is 0 Å². The number of anilines is 1. The van der Waals surface area contributed by atoms with Gasteiger partial charge in [-0.15, -0.1) is 5.10 Å². The van der Waals surface area contributed by atoms with Crippen molar-refractivity contribution < 1.29 is 23.8 Å². The van der Waals surface area contributed by atoms with Crippen LogP contribution in [0.15, 0.2) is 48.7 Å². The lowest BCUT2D eigenvalue weighted by Crippen LogP contribution is -2.25. The second-order valence-corrected chi connectivity index (χ2v) is 6.95. The molecule has 1 heterocycles. The van der Waals surface area contributed by atoms with Gasteiger partial charge in [-0.2, -0.15) is 0 Å². The van der Waals surface area contributed by atoms with Crippen molar-refractivity contribution in [2.45, 2.75) is 6.42 Å². The van der Waals surface area contributed by atoms with Gasteiger partial charge in [-0.05, 0) is 48.4 Å². The summed E-state index contributed by atoms with van der Waals surface area (Å²) >= 11 is 0. The van der Waals surface area contributed by atoms with Crippen molar-refractivity contribution in [2.24, 2.45) is 7.05 Å². The molecule has 3 aromatic rings. The minimum atomic E-state index is -0.345. The molecule has 0 saturated heterocycles. The first-order valence-electron chi connectivity index (χ1n) is 9.93. The number of carbonyl (C=O) groups is 2. The molecule has 2 aromatic carbocycles. The molecule has 32 heavy (non-hydrogen) atoms. The highest BCUT2D eigenvalue weighted by molar-refractivity contribution is 6.06. The third-order valence-corrected chi connectivity index (χ3v) is 4.79. The molecule has 9 nitrogen and oxygen atoms in total. The highest BCUT2D eigenvalue weighted by Gasteiger charge is 2.16. The molecule has 0 aliphatic carbocycles. The van der Waals surface area contributed by atoms with Crippen LogP contribution in [0.25, 0.3) is 0 Å². The minimum Gasteiger partial charge on any atom is -0.493 e. The molecule has 0 aliphatic rings. The Morgan fingerprint density at radius 2 is 1.66 bits per heavy atom. The molecule has 0 radical (unpaired) electrons. The SMILES string of the molecule is COc1ccc(CCNC(=O)c2ccc(NC(=O)c3cn(C)nc3OC)cc2)cc1OC. The lowest BCUT2D eigenvalue weighted by atomic mass is 10.1. The molecule has 0 atom stereocenters. The van der Waals surface area contributed by atoms with E-state index in [1.54, 1.807) is 51.7 Å². The van der Waals surface area contributed by atoms with E-state index < -0.39 is 0 Å². The molecule has 2 amide bonds. The first kappa shape index (κ1) is 22.7. The molecule has 0 spiro atoms. The van der Waals surface area contributed by atoms with Crippen molar-refractivity contribution in [1.82, 2.24) is 15.1 Å². The third-order valence-electron chi connectivity index (χ3n) is 4.79. The molecular formula is C23H26N4O5. The molecule has 3 rings (SSSR count). The quantitative estimate of drug-likeness (QED) is 0.532. The largest absolute Gasteiger partial charge is 0.493 e. The summed E-state index contributed by atoms with van der Waals surface area (Å²) in [6, 6.07) is 12.3. The molecule has 9 heteroatoms. The van der Waals surface area contributed by atoms with E-state index in [2.05, 4.69) is 15.7 Å². The fraction of sp³-hybridized carbons (Fsp3) is 0.261. The lowest BCUT2D eigenvalue weighted by molar-refractivity contribution is 0.0953. The van der Waals surface area contributed by atoms with Gasteiger partial charge in [-0.1, -0.05) is 6.07 Å². The molecule has 0 unspecified atom stereocenters. The number of aromatic nitrogens is 2. The average Bonchev–Trinajstić information content (AvgIpc) is 3.20.